The van der Waals surface area contributed by atoms with Crippen molar-refractivity contribution < 1.29 is 18.3 Å². The highest BCUT2D eigenvalue weighted by molar-refractivity contribution is 7.92. The molecule has 2 aromatic rings. The number of sulfonamides is 1. The Morgan fingerprint density at radius 1 is 1.03 bits per heavy atom. The van der Waals surface area contributed by atoms with Crippen molar-refractivity contribution in [2.24, 2.45) is 0 Å². The topological polar surface area (TPSA) is 90.0 Å². The molecule has 0 saturated carbocycles. The Morgan fingerprint density at radius 2 is 1.65 bits per heavy atom. The van der Waals surface area contributed by atoms with E-state index in [1.165, 1.54) is 6.07 Å². The molecule has 0 bridgehead atoms. The van der Waals surface area contributed by atoms with Gasteiger partial charge in [-0.05, 0) is 63.1 Å². The summed E-state index contributed by atoms with van der Waals surface area (Å²) in [5, 5.41) is 9.78. The molecule has 168 valence electrons. The van der Waals surface area contributed by atoms with Crippen LogP contribution in [0, 0.1) is 20.8 Å². The van der Waals surface area contributed by atoms with E-state index in [1.54, 1.807) is 26.0 Å². The first-order chi connectivity index (χ1) is 14.6. The molecule has 2 N–H and O–H groups in total. The molecular weight excluding hydrogens is 414 g/mol. The number of hydrogen-bond donors (Lipinski definition) is 2. The number of nitrogens with one attached hydrogen (secondary N) is 1. The summed E-state index contributed by atoms with van der Waals surface area (Å²) < 4.78 is 28.7. The van der Waals surface area contributed by atoms with E-state index >= 15 is 0 Å². The van der Waals surface area contributed by atoms with Crippen LogP contribution in [0.2, 0.25) is 0 Å². The quantitative estimate of drug-likeness (QED) is 0.676. The second-order valence-electron chi connectivity index (χ2n) is 8.20. The summed E-state index contributed by atoms with van der Waals surface area (Å²) >= 11 is 0. The Bertz CT molecular complexity index is 1050. The lowest BCUT2D eigenvalue weighted by atomic mass is 10.1. The van der Waals surface area contributed by atoms with Gasteiger partial charge in [-0.3, -0.25) is 9.62 Å². The van der Waals surface area contributed by atoms with E-state index in [0.29, 0.717) is 16.8 Å². The van der Waals surface area contributed by atoms with Crippen molar-refractivity contribution in [1.29, 1.82) is 0 Å². The van der Waals surface area contributed by atoms with Gasteiger partial charge in [-0.25, -0.2) is 13.2 Å². The van der Waals surface area contributed by atoms with E-state index in [-0.39, 0.29) is 16.1 Å². The zero-order valence-electron chi connectivity index (χ0n) is 18.6. The molecule has 0 amide bonds. The molecule has 1 aliphatic heterocycles. The molecule has 0 atom stereocenters. The smallest absolute Gasteiger partial charge is 0.337 e. The van der Waals surface area contributed by atoms with Gasteiger partial charge in [0, 0.05) is 31.9 Å². The Morgan fingerprint density at radius 3 is 2.19 bits per heavy atom. The summed E-state index contributed by atoms with van der Waals surface area (Å²) in [6.07, 6.45) is 1.09. The van der Waals surface area contributed by atoms with E-state index in [1.807, 2.05) is 19.1 Å². The summed E-state index contributed by atoms with van der Waals surface area (Å²) in [5.41, 5.74) is 3.27. The molecule has 1 heterocycles. The average Bonchev–Trinajstić information content (AvgIpc) is 2.67. The lowest BCUT2D eigenvalue weighted by Crippen LogP contribution is -2.47. The van der Waals surface area contributed by atoms with Crippen LogP contribution < -0.4 is 9.62 Å². The van der Waals surface area contributed by atoms with Gasteiger partial charge < -0.3 is 10.0 Å². The van der Waals surface area contributed by atoms with Crippen LogP contribution in [-0.4, -0.2) is 57.1 Å². The number of aryl methyl sites for hydroxylation is 3. The number of carbonyl (C=O) groups is 1. The number of anilines is 2. The zero-order valence-corrected chi connectivity index (χ0v) is 19.4. The molecule has 31 heavy (non-hydrogen) atoms. The molecule has 8 heteroatoms. The van der Waals surface area contributed by atoms with Crippen LogP contribution in [-0.2, 0) is 10.0 Å². The molecule has 3 rings (SSSR count). The number of aromatic carboxylic acids is 1. The minimum Gasteiger partial charge on any atom is -0.478 e. The van der Waals surface area contributed by atoms with Gasteiger partial charge in [-0.2, -0.15) is 0 Å². The second-order valence-corrected chi connectivity index (χ2v) is 9.82. The molecule has 0 aliphatic carbocycles. The highest BCUT2D eigenvalue weighted by atomic mass is 32.2. The molecular formula is C23H31N3O4S. The van der Waals surface area contributed by atoms with Crippen LogP contribution in [0.5, 0.6) is 0 Å². The average molecular weight is 446 g/mol. The van der Waals surface area contributed by atoms with Gasteiger partial charge in [-0.1, -0.05) is 24.6 Å². The Kier molecular flexibility index (Phi) is 6.91. The van der Waals surface area contributed by atoms with Gasteiger partial charge in [0.25, 0.3) is 10.0 Å². The molecule has 0 unspecified atom stereocenters. The van der Waals surface area contributed by atoms with Crippen LogP contribution in [0.4, 0.5) is 11.4 Å². The third-order valence-electron chi connectivity index (χ3n) is 5.61. The molecule has 1 aliphatic rings. The fraction of sp³-hybridized carbons (Fsp3) is 0.435. The van der Waals surface area contributed by atoms with Gasteiger partial charge in [0.2, 0.25) is 0 Å². The predicted molar refractivity (Wildman–Crippen MR) is 124 cm³/mol. The number of benzene rings is 2. The van der Waals surface area contributed by atoms with Crippen LogP contribution in [0.15, 0.2) is 35.2 Å². The fourth-order valence-electron chi connectivity index (χ4n) is 4.37. The van der Waals surface area contributed by atoms with Crippen molar-refractivity contribution in [2.45, 2.75) is 39.0 Å². The summed E-state index contributed by atoms with van der Waals surface area (Å²) in [6.45, 7) is 11.9. The Labute approximate surface area is 184 Å². The normalized spacial score (nSPS) is 15.2. The lowest BCUT2D eigenvalue weighted by molar-refractivity contribution is 0.0697. The van der Waals surface area contributed by atoms with E-state index in [9.17, 15) is 18.3 Å². The number of piperazine rings is 1. The maximum Gasteiger partial charge on any atom is 0.337 e. The second kappa shape index (κ2) is 9.28. The predicted octanol–water partition coefficient (Wildman–Crippen LogP) is 3.64. The van der Waals surface area contributed by atoms with Crippen molar-refractivity contribution in [3.8, 4) is 0 Å². The minimum atomic E-state index is -3.85. The first-order valence-corrected chi connectivity index (χ1v) is 12.1. The standard InChI is InChI=1S/C23H31N3O4S/c1-5-8-25-9-11-26(12-10-25)21-7-6-19(15-20(21)23(27)28)24-31(29,30)22-17(3)13-16(2)14-18(22)4/h6-7,13-15,24H,5,8-12H2,1-4H3,(H,27,28). The molecule has 0 aromatic heterocycles. The SMILES string of the molecule is CCCN1CCN(c2ccc(NS(=O)(=O)c3c(C)cc(C)cc3C)cc2C(=O)O)CC1. The van der Waals surface area contributed by atoms with Crippen molar-refractivity contribution in [3.63, 3.8) is 0 Å². The number of hydrogen-bond acceptors (Lipinski definition) is 5. The maximum absolute atomic E-state index is 13.0. The molecule has 0 spiro atoms. The monoisotopic (exact) mass is 445 g/mol. The minimum absolute atomic E-state index is 0.0986. The number of carboxylic acid groups (broad SMARTS) is 1. The van der Waals surface area contributed by atoms with Gasteiger partial charge >= 0.3 is 5.97 Å². The summed E-state index contributed by atoms with van der Waals surface area (Å²) in [7, 11) is -3.85. The van der Waals surface area contributed by atoms with Crippen molar-refractivity contribution in [1.82, 2.24) is 4.90 Å². The first kappa shape index (κ1) is 23.1. The maximum atomic E-state index is 13.0. The van der Waals surface area contributed by atoms with Crippen molar-refractivity contribution >= 4 is 27.4 Å². The zero-order chi connectivity index (χ0) is 22.8. The van der Waals surface area contributed by atoms with Crippen LogP contribution in [0.25, 0.3) is 0 Å². The van der Waals surface area contributed by atoms with E-state index in [4.69, 9.17) is 0 Å². The van der Waals surface area contributed by atoms with Crippen LogP contribution in [0.3, 0.4) is 0 Å². The van der Waals surface area contributed by atoms with E-state index in [2.05, 4.69) is 21.4 Å². The number of nitrogens with zero attached hydrogens (tertiary/aromatic N) is 2. The van der Waals surface area contributed by atoms with Crippen molar-refractivity contribution in [3.05, 3.63) is 52.6 Å². The lowest BCUT2D eigenvalue weighted by Gasteiger charge is -2.36. The molecule has 2 aromatic carbocycles. The highest BCUT2D eigenvalue weighted by Crippen LogP contribution is 2.29. The number of rotatable bonds is 7. The Balaban J connectivity index is 1.87. The summed E-state index contributed by atoms with van der Waals surface area (Å²) in [4.78, 5) is 16.6. The largest absolute Gasteiger partial charge is 0.478 e. The van der Waals surface area contributed by atoms with E-state index in [0.717, 1.165) is 44.7 Å². The highest BCUT2D eigenvalue weighted by Gasteiger charge is 2.24. The molecule has 1 saturated heterocycles. The van der Waals surface area contributed by atoms with Crippen molar-refractivity contribution in [2.75, 3.05) is 42.3 Å². The van der Waals surface area contributed by atoms with Crippen LogP contribution in [0.1, 0.15) is 40.4 Å². The van der Waals surface area contributed by atoms with Gasteiger partial charge in [-0.15, -0.1) is 0 Å². The van der Waals surface area contributed by atoms with Gasteiger partial charge in [0.1, 0.15) is 0 Å². The fourth-order valence-corrected chi connectivity index (χ4v) is 5.88. The first-order valence-electron chi connectivity index (χ1n) is 10.6. The van der Waals surface area contributed by atoms with E-state index < -0.39 is 16.0 Å². The molecule has 0 radical (unpaired) electrons. The third kappa shape index (κ3) is 5.19. The molecule has 7 nitrogen and oxygen atoms in total. The third-order valence-corrected chi connectivity index (χ3v) is 7.29. The summed E-state index contributed by atoms with van der Waals surface area (Å²) in [5.74, 6) is -1.07. The van der Waals surface area contributed by atoms with Crippen LogP contribution >= 0.6 is 0 Å². The van der Waals surface area contributed by atoms with Gasteiger partial charge in [0.15, 0.2) is 0 Å². The molecule has 1 fully saturated rings. The van der Waals surface area contributed by atoms with Gasteiger partial charge in [0.05, 0.1) is 16.1 Å². The summed E-state index contributed by atoms with van der Waals surface area (Å²) in [6, 6.07) is 8.39. The number of carboxylic acids is 1. The Hall–Kier alpha value is -2.58.